The van der Waals surface area contributed by atoms with Gasteiger partial charge in [-0.1, -0.05) is 6.42 Å². The van der Waals surface area contributed by atoms with E-state index in [1.54, 1.807) is 25.7 Å². The molecule has 0 atom stereocenters. The quantitative estimate of drug-likeness (QED) is 0.614. The van der Waals surface area contributed by atoms with Crippen molar-refractivity contribution in [2.24, 2.45) is 5.92 Å². The van der Waals surface area contributed by atoms with Crippen molar-refractivity contribution in [2.45, 2.75) is 47.0 Å². The van der Waals surface area contributed by atoms with Gasteiger partial charge in [-0.3, -0.25) is 9.59 Å². The minimum absolute atomic E-state index is 0.0492. The second kappa shape index (κ2) is 7.64. The second-order valence-corrected chi connectivity index (χ2v) is 6.25. The van der Waals surface area contributed by atoms with Crippen molar-refractivity contribution in [1.82, 2.24) is 9.88 Å². The zero-order chi connectivity index (χ0) is 17.9. The first-order chi connectivity index (χ1) is 11.4. The van der Waals surface area contributed by atoms with Crippen molar-refractivity contribution in [3.63, 3.8) is 0 Å². The summed E-state index contributed by atoms with van der Waals surface area (Å²) in [4.78, 5) is 41.6. The highest BCUT2D eigenvalue weighted by molar-refractivity contribution is 6.04. The zero-order valence-corrected chi connectivity index (χ0v) is 14.9. The van der Waals surface area contributed by atoms with Gasteiger partial charge in [0, 0.05) is 23.7 Å². The summed E-state index contributed by atoms with van der Waals surface area (Å²) in [5, 5.41) is 0. The predicted molar refractivity (Wildman–Crippen MR) is 90.1 cm³/mol. The van der Waals surface area contributed by atoms with E-state index < -0.39 is 5.97 Å². The van der Waals surface area contributed by atoms with Crippen LogP contribution in [0.3, 0.4) is 0 Å². The number of nitrogens with one attached hydrogen (secondary N) is 1. The van der Waals surface area contributed by atoms with Crippen molar-refractivity contribution in [3.05, 3.63) is 22.5 Å². The molecule has 24 heavy (non-hydrogen) atoms. The summed E-state index contributed by atoms with van der Waals surface area (Å²) in [6.45, 7) is 7.94. The fraction of sp³-hybridized carbons (Fsp3) is 0.611. The van der Waals surface area contributed by atoms with Crippen LogP contribution in [0.15, 0.2) is 0 Å². The molecule has 132 valence electrons. The number of ether oxygens (including phenoxy) is 1. The molecule has 6 nitrogen and oxygen atoms in total. The van der Waals surface area contributed by atoms with Gasteiger partial charge in [-0.05, 0) is 46.1 Å². The van der Waals surface area contributed by atoms with Crippen LogP contribution >= 0.6 is 0 Å². The molecule has 1 saturated carbocycles. The number of hydrogen-bond acceptors (Lipinski definition) is 4. The lowest BCUT2D eigenvalue weighted by molar-refractivity contribution is -0.137. The van der Waals surface area contributed by atoms with Crippen LogP contribution in [0.2, 0.25) is 0 Å². The van der Waals surface area contributed by atoms with Crippen molar-refractivity contribution in [1.29, 1.82) is 0 Å². The highest BCUT2D eigenvalue weighted by atomic mass is 16.5. The van der Waals surface area contributed by atoms with E-state index in [9.17, 15) is 14.4 Å². The third-order valence-electron chi connectivity index (χ3n) is 4.68. The first-order valence-electron chi connectivity index (χ1n) is 8.58. The number of ketones is 1. The van der Waals surface area contributed by atoms with Crippen LogP contribution in [0, 0.1) is 19.8 Å². The highest BCUT2D eigenvalue weighted by Gasteiger charge is 2.31. The minimum atomic E-state index is -0.463. The second-order valence-electron chi connectivity index (χ2n) is 6.25. The monoisotopic (exact) mass is 334 g/mol. The van der Waals surface area contributed by atoms with Crippen molar-refractivity contribution in [2.75, 3.05) is 19.7 Å². The number of carbonyl (C=O) groups excluding carboxylic acids is 3. The molecule has 1 aliphatic carbocycles. The predicted octanol–water partition coefficient (Wildman–Crippen LogP) is 2.64. The van der Waals surface area contributed by atoms with E-state index in [0.29, 0.717) is 29.1 Å². The summed E-state index contributed by atoms with van der Waals surface area (Å²) < 4.78 is 5.00. The molecular weight excluding hydrogens is 308 g/mol. The molecule has 0 aliphatic heterocycles. The Balaban J connectivity index is 2.16. The molecule has 0 radical (unpaired) electrons. The van der Waals surface area contributed by atoms with Crippen LogP contribution < -0.4 is 0 Å². The van der Waals surface area contributed by atoms with Crippen LogP contribution in [0.1, 0.15) is 65.2 Å². The molecule has 0 unspecified atom stereocenters. The third kappa shape index (κ3) is 3.52. The minimum Gasteiger partial charge on any atom is -0.461 e. The Hall–Kier alpha value is -2.11. The van der Waals surface area contributed by atoms with Gasteiger partial charge in [-0.2, -0.15) is 0 Å². The number of aryl methyl sites for hydroxylation is 1. The number of H-pyrrole nitrogens is 1. The van der Waals surface area contributed by atoms with Gasteiger partial charge >= 0.3 is 5.97 Å². The van der Waals surface area contributed by atoms with E-state index in [-0.39, 0.29) is 30.8 Å². The molecule has 0 spiro atoms. The summed E-state index contributed by atoms with van der Waals surface area (Å²) >= 11 is 0. The fourth-order valence-electron chi connectivity index (χ4n) is 3.09. The molecule has 6 heteroatoms. The summed E-state index contributed by atoms with van der Waals surface area (Å²) in [5.41, 5.74) is 2.01. The summed E-state index contributed by atoms with van der Waals surface area (Å²) in [6, 6.07) is 0. The summed E-state index contributed by atoms with van der Waals surface area (Å²) in [7, 11) is 0. The van der Waals surface area contributed by atoms with Gasteiger partial charge in [-0.25, -0.2) is 4.79 Å². The van der Waals surface area contributed by atoms with Gasteiger partial charge in [0.1, 0.15) is 5.69 Å². The molecule has 0 aromatic carbocycles. The lowest BCUT2D eigenvalue weighted by Crippen LogP contribution is -2.41. The first-order valence-corrected chi connectivity index (χ1v) is 8.58. The van der Waals surface area contributed by atoms with Gasteiger partial charge in [0.25, 0.3) is 0 Å². The molecule has 1 amide bonds. The molecule has 2 rings (SSSR count). The number of hydrogen-bond donors (Lipinski definition) is 1. The van der Waals surface area contributed by atoms with E-state index in [2.05, 4.69) is 4.98 Å². The maximum Gasteiger partial charge on any atom is 0.355 e. The van der Waals surface area contributed by atoms with Crippen LogP contribution in [0.4, 0.5) is 0 Å². The zero-order valence-electron chi connectivity index (χ0n) is 14.9. The maximum absolute atomic E-state index is 12.7. The van der Waals surface area contributed by atoms with E-state index in [1.165, 1.54) is 0 Å². The highest BCUT2D eigenvalue weighted by Crippen LogP contribution is 2.28. The van der Waals surface area contributed by atoms with Gasteiger partial charge in [0.05, 0.1) is 13.2 Å². The summed E-state index contributed by atoms with van der Waals surface area (Å²) in [5.74, 6) is -0.476. The Bertz CT molecular complexity index is 644. The number of amides is 1. The molecule has 0 saturated heterocycles. The van der Waals surface area contributed by atoms with E-state index in [4.69, 9.17) is 4.74 Å². The molecule has 1 heterocycles. The molecular formula is C18H26N2O4. The van der Waals surface area contributed by atoms with E-state index >= 15 is 0 Å². The molecule has 1 aromatic rings. The van der Waals surface area contributed by atoms with Gasteiger partial charge in [0.15, 0.2) is 5.78 Å². The normalized spacial score (nSPS) is 14.2. The lowest BCUT2D eigenvalue weighted by Gasteiger charge is -2.30. The van der Waals surface area contributed by atoms with Crippen molar-refractivity contribution in [3.8, 4) is 0 Å². The van der Waals surface area contributed by atoms with Gasteiger partial charge in [0.2, 0.25) is 5.91 Å². The number of aromatic nitrogens is 1. The van der Waals surface area contributed by atoms with E-state index in [0.717, 1.165) is 19.3 Å². The number of nitrogens with zero attached hydrogens (tertiary/aromatic N) is 1. The smallest absolute Gasteiger partial charge is 0.355 e. The number of likely N-dealkylation sites (N-methyl/N-ethyl adjacent to an activating group) is 1. The lowest BCUT2D eigenvalue weighted by atomic mass is 9.84. The first kappa shape index (κ1) is 18.2. The van der Waals surface area contributed by atoms with Gasteiger partial charge in [-0.15, -0.1) is 0 Å². The number of Topliss-reactive ketones (excluding diaryl/α,β-unsaturated/α-hetero) is 1. The Kier molecular flexibility index (Phi) is 5.80. The average Bonchev–Trinajstić information content (AvgIpc) is 2.78. The largest absolute Gasteiger partial charge is 0.461 e. The van der Waals surface area contributed by atoms with Crippen molar-refractivity contribution >= 4 is 17.7 Å². The molecule has 1 aliphatic rings. The number of carbonyl (C=O) groups is 3. The molecule has 1 N–H and O–H groups in total. The van der Waals surface area contributed by atoms with E-state index in [1.807, 2.05) is 6.92 Å². The molecule has 0 bridgehead atoms. The molecule has 1 aromatic heterocycles. The number of rotatable bonds is 7. The Morgan fingerprint density at radius 3 is 2.38 bits per heavy atom. The van der Waals surface area contributed by atoms with Crippen LogP contribution in [-0.2, 0) is 9.53 Å². The van der Waals surface area contributed by atoms with Crippen LogP contribution in [-0.4, -0.2) is 47.2 Å². The Morgan fingerprint density at radius 1 is 1.21 bits per heavy atom. The number of aromatic amines is 1. The standard InChI is InChI=1S/C18H26N2O4/c1-5-20(17(22)13-8-7-9-13)10-14(21)15-11(3)16(19-12(15)4)18(23)24-6-2/h13,19H,5-10H2,1-4H3. The average molecular weight is 334 g/mol. The Labute approximate surface area is 142 Å². The molecule has 1 fully saturated rings. The van der Waals surface area contributed by atoms with Crippen LogP contribution in [0.25, 0.3) is 0 Å². The third-order valence-corrected chi connectivity index (χ3v) is 4.68. The van der Waals surface area contributed by atoms with Gasteiger partial charge < -0.3 is 14.6 Å². The summed E-state index contributed by atoms with van der Waals surface area (Å²) in [6.07, 6.45) is 2.91. The Morgan fingerprint density at radius 2 is 1.88 bits per heavy atom. The van der Waals surface area contributed by atoms with Crippen molar-refractivity contribution < 1.29 is 19.1 Å². The van der Waals surface area contributed by atoms with Crippen LogP contribution in [0.5, 0.6) is 0 Å². The SMILES string of the molecule is CCOC(=O)c1[nH]c(C)c(C(=O)CN(CC)C(=O)C2CCC2)c1C. The number of esters is 1. The fourth-order valence-corrected chi connectivity index (χ4v) is 3.09. The maximum atomic E-state index is 12.7. The topological polar surface area (TPSA) is 79.5 Å².